The molecule has 0 heterocycles. The van der Waals surface area contributed by atoms with Crippen LogP contribution in [0.2, 0.25) is 0 Å². The number of hydrogen-bond donors (Lipinski definition) is 1. The van der Waals surface area contributed by atoms with Crippen molar-refractivity contribution >= 4 is 28.5 Å². The Hall–Kier alpha value is 0.890. The molecule has 0 aromatic carbocycles. The van der Waals surface area contributed by atoms with Crippen molar-refractivity contribution in [2.24, 2.45) is 0 Å². The summed E-state index contributed by atoms with van der Waals surface area (Å²) in [5, 5.41) is 0. The van der Waals surface area contributed by atoms with Gasteiger partial charge in [0.05, 0.1) is 0 Å². The molecule has 6 heteroatoms. The predicted octanol–water partition coefficient (Wildman–Crippen LogP) is 5.00. The Bertz CT molecular complexity index is 167. The molecule has 100 valence electrons. The maximum atomic E-state index is 9.80. The molecule has 0 amide bonds. The Morgan fingerprint density at radius 1 is 0.875 bits per heavy atom. The van der Waals surface area contributed by atoms with Gasteiger partial charge in [0, 0.05) is 0 Å². The van der Waals surface area contributed by atoms with Crippen LogP contribution in [0.3, 0.4) is 0 Å². The van der Waals surface area contributed by atoms with Crippen LogP contribution in [0.4, 0.5) is 0 Å². The molecule has 0 atom stereocenters. The van der Waals surface area contributed by atoms with Crippen LogP contribution in [0, 0.1) is 0 Å². The third kappa shape index (κ3) is 10.1. The second-order valence-electron chi connectivity index (χ2n) is 3.81. The number of halogens is 2. The van der Waals surface area contributed by atoms with Crippen LogP contribution in [0.5, 0.6) is 0 Å². The molecule has 16 heavy (non-hydrogen) atoms. The van der Waals surface area contributed by atoms with Gasteiger partial charge in [-0.25, -0.2) is 0 Å². The fourth-order valence-corrected chi connectivity index (χ4v) is 2.91. The van der Waals surface area contributed by atoms with Crippen LogP contribution in [-0.4, -0.2) is 18.1 Å². The van der Waals surface area contributed by atoms with Crippen molar-refractivity contribution in [3.05, 3.63) is 0 Å². The minimum absolute atomic E-state index is 0.336. The molecule has 0 rings (SSSR count). The average Bonchev–Trinajstić information content (AvgIpc) is 2.19. The van der Waals surface area contributed by atoms with Crippen molar-refractivity contribution in [2.75, 3.05) is 13.2 Å². The van der Waals surface area contributed by atoms with Crippen molar-refractivity contribution < 1.29 is 13.9 Å². The number of rotatable bonds is 10. The Morgan fingerprint density at radius 2 is 1.25 bits per heavy atom. The third-order valence-corrected chi connectivity index (χ3v) is 4.46. The summed E-state index contributed by atoms with van der Waals surface area (Å²) in [6.45, 7) is 4.84. The molecule has 1 N–H and O–H groups in total. The van der Waals surface area contributed by atoms with E-state index in [1.165, 1.54) is 0 Å². The molecule has 0 aromatic heterocycles. The molecule has 0 spiro atoms. The second kappa shape index (κ2) is 8.07. The van der Waals surface area contributed by atoms with Crippen LogP contribution in [-0.2, 0) is 9.05 Å². The van der Waals surface area contributed by atoms with E-state index >= 15 is 0 Å². The summed E-state index contributed by atoms with van der Waals surface area (Å²) in [6, 6.07) is 0. The third-order valence-electron chi connectivity index (χ3n) is 2.09. The zero-order valence-electron chi connectivity index (χ0n) is 10.1. The van der Waals surface area contributed by atoms with E-state index in [1.807, 2.05) is 0 Å². The molecular weight excluding hydrogens is 270 g/mol. The SMILES string of the molecule is CCCCCOP(O)(Cl)(Cl)OCCCCC. The quantitative estimate of drug-likeness (QED) is 0.455. The molecule has 0 aliphatic heterocycles. The molecule has 0 aromatic rings. The summed E-state index contributed by atoms with van der Waals surface area (Å²) in [5.41, 5.74) is 0. The summed E-state index contributed by atoms with van der Waals surface area (Å²) < 4.78 is 10.2. The van der Waals surface area contributed by atoms with Gasteiger partial charge in [-0.2, -0.15) is 0 Å². The van der Waals surface area contributed by atoms with Gasteiger partial charge in [-0.1, -0.05) is 0 Å². The van der Waals surface area contributed by atoms with Gasteiger partial charge in [0.2, 0.25) is 0 Å². The van der Waals surface area contributed by atoms with Crippen molar-refractivity contribution in [3.8, 4) is 0 Å². The van der Waals surface area contributed by atoms with Gasteiger partial charge in [-0.3, -0.25) is 0 Å². The summed E-state index contributed by atoms with van der Waals surface area (Å²) >= 11 is 11.5. The van der Waals surface area contributed by atoms with Gasteiger partial charge < -0.3 is 0 Å². The van der Waals surface area contributed by atoms with Crippen LogP contribution in [0.1, 0.15) is 52.4 Å². The molecule has 0 unspecified atom stereocenters. The van der Waals surface area contributed by atoms with Crippen LogP contribution < -0.4 is 0 Å². The van der Waals surface area contributed by atoms with Crippen LogP contribution in [0.25, 0.3) is 0 Å². The summed E-state index contributed by atoms with van der Waals surface area (Å²) in [4.78, 5) is 9.80. The Labute approximate surface area is 108 Å². The summed E-state index contributed by atoms with van der Waals surface area (Å²) in [7, 11) is 0. The van der Waals surface area contributed by atoms with Gasteiger partial charge in [-0.05, 0) is 0 Å². The van der Waals surface area contributed by atoms with Gasteiger partial charge in [0.1, 0.15) is 0 Å². The van der Waals surface area contributed by atoms with E-state index in [0.717, 1.165) is 38.5 Å². The fraction of sp³-hybridized carbons (Fsp3) is 1.00. The molecule has 0 bridgehead atoms. The van der Waals surface area contributed by atoms with Crippen molar-refractivity contribution in [1.82, 2.24) is 0 Å². The van der Waals surface area contributed by atoms with Crippen LogP contribution in [0.15, 0.2) is 0 Å². The predicted molar refractivity (Wildman–Crippen MR) is 71.8 cm³/mol. The topological polar surface area (TPSA) is 38.7 Å². The molecule has 0 saturated carbocycles. The fourth-order valence-electron chi connectivity index (χ4n) is 1.16. The summed E-state index contributed by atoms with van der Waals surface area (Å²) in [5.74, 6) is -4.32. The number of hydrogen-bond acceptors (Lipinski definition) is 3. The van der Waals surface area contributed by atoms with E-state index in [0.29, 0.717) is 13.2 Å². The van der Waals surface area contributed by atoms with Crippen molar-refractivity contribution in [2.45, 2.75) is 52.4 Å². The molecule has 3 nitrogen and oxygen atoms in total. The maximum absolute atomic E-state index is 9.80. The monoisotopic (exact) mass is 292 g/mol. The molecular formula is C10H23Cl2O3P. The number of unbranched alkanes of at least 4 members (excludes halogenated alkanes) is 4. The van der Waals surface area contributed by atoms with E-state index in [2.05, 4.69) is 13.8 Å². The van der Waals surface area contributed by atoms with Gasteiger partial charge >= 0.3 is 108 Å². The van der Waals surface area contributed by atoms with Crippen molar-refractivity contribution in [3.63, 3.8) is 0 Å². The molecule has 0 aliphatic rings. The summed E-state index contributed by atoms with van der Waals surface area (Å²) in [6.07, 6.45) is 5.85. The van der Waals surface area contributed by atoms with E-state index < -0.39 is 5.99 Å². The van der Waals surface area contributed by atoms with Gasteiger partial charge in [-0.15, -0.1) is 0 Å². The second-order valence-corrected chi connectivity index (χ2v) is 9.88. The van der Waals surface area contributed by atoms with Crippen molar-refractivity contribution in [1.29, 1.82) is 0 Å². The normalized spacial score (nSPS) is 14.7. The average molecular weight is 293 g/mol. The van der Waals surface area contributed by atoms with E-state index in [9.17, 15) is 4.89 Å². The molecule has 0 aliphatic carbocycles. The van der Waals surface area contributed by atoms with E-state index in [-0.39, 0.29) is 0 Å². The Morgan fingerprint density at radius 3 is 1.56 bits per heavy atom. The first-order valence-electron chi connectivity index (χ1n) is 5.89. The zero-order valence-corrected chi connectivity index (χ0v) is 12.5. The molecule has 0 saturated heterocycles. The van der Waals surface area contributed by atoms with E-state index in [4.69, 9.17) is 31.5 Å². The first-order chi connectivity index (χ1) is 7.39. The Kier molecular flexibility index (Phi) is 8.52. The van der Waals surface area contributed by atoms with Gasteiger partial charge in [0.25, 0.3) is 0 Å². The molecule has 0 radical (unpaired) electrons. The first-order valence-corrected chi connectivity index (χ1v) is 9.73. The standard InChI is InChI=1S/C10H23Cl2O3P/c1-3-5-7-9-14-16(11,12,13)15-10-8-6-4-2/h13H,3-10H2,1-2H3. The Balaban J connectivity index is 3.75. The van der Waals surface area contributed by atoms with Gasteiger partial charge in [0.15, 0.2) is 0 Å². The zero-order chi connectivity index (χ0) is 12.5. The van der Waals surface area contributed by atoms with Crippen LogP contribution >= 0.6 is 28.5 Å². The molecule has 0 fully saturated rings. The first kappa shape index (κ1) is 16.9. The minimum atomic E-state index is -4.32. The van der Waals surface area contributed by atoms with E-state index in [1.54, 1.807) is 0 Å².